The first kappa shape index (κ1) is 11.4. The molecule has 0 saturated carbocycles. The number of aromatic nitrogens is 2. The van der Waals surface area contributed by atoms with Gasteiger partial charge in [0.15, 0.2) is 0 Å². The fourth-order valence-electron chi connectivity index (χ4n) is 2.36. The Hall–Kier alpha value is -1.69. The Morgan fingerprint density at radius 1 is 1.50 bits per heavy atom. The van der Waals surface area contributed by atoms with E-state index in [4.69, 9.17) is 9.63 Å². The molecule has 0 spiro atoms. The van der Waals surface area contributed by atoms with Crippen molar-refractivity contribution in [1.29, 1.82) is 0 Å². The largest absolute Gasteiger partial charge is 0.481 e. The molecule has 1 aliphatic carbocycles. The van der Waals surface area contributed by atoms with Gasteiger partial charge in [-0.1, -0.05) is 5.16 Å². The van der Waals surface area contributed by atoms with E-state index in [1.54, 1.807) is 11.3 Å². The molecule has 2 heterocycles. The molecule has 1 N–H and O–H groups in total. The highest BCUT2D eigenvalue weighted by atomic mass is 32.1. The molecule has 3 rings (SSSR count). The second-order valence-corrected chi connectivity index (χ2v) is 5.54. The second-order valence-electron chi connectivity index (χ2n) is 4.46. The first-order valence-electron chi connectivity index (χ1n) is 5.73. The van der Waals surface area contributed by atoms with Gasteiger partial charge in [-0.25, -0.2) is 4.98 Å². The van der Waals surface area contributed by atoms with E-state index in [2.05, 4.69) is 10.1 Å². The summed E-state index contributed by atoms with van der Waals surface area (Å²) >= 11 is 1.55. The van der Waals surface area contributed by atoms with E-state index in [0.29, 0.717) is 6.42 Å². The highest BCUT2D eigenvalue weighted by Crippen LogP contribution is 2.41. The molecule has 0 amide bonds. The van der Waals surface area contributed by atoms with E-state index in [1.807, 2.05) is 13.8 Å². The second kappa shape index (κ2) is 3.91. The van der Waals surface area contributed by atoms with Gasteiger partial charge in [0.2, 0.25) is 0 Å². The number of fused-ring (bicyclic) bond motifs is 1. The van der Waals surface area contributed by atoms with Crippen LogP contribution in [0.5, 0.6) is 0 Å². The van der Waals surface area contributed by atoms with Crippen LogP contribution >= 0.6 is 11.3 Å². The number of aryl methyl sites for hydroxylation is 3. The molecule has 94 valence electrons. The smallest absolute Gasteiger partial charge is 0.312 e. The van der Waals surface area contributed by atoms with Crippen LogP contribution in [-0.4, -0.2) is 21.2 Å². The Kier molecular flexibility index (Phi) is 2.48. The van der Waals surface area contributed by atoms with E-state index >= 15 is 0 Å². The molecule has 1 aliphatic rings. The SMILES string of the molecule is Cc1noc(C)c1-c1nc2c(s1)CCC2C(=O)O. The topological polar surface area (TPSA) is 76.2 Å². The number of aliphatic carboxylic acids is 1. The zero-order valence-corrected chi connectivity index (χ0v) is 10.9. The van der Waals surface area contributed by atoms with Crippen molar-refractivity contribution in [2.24, 2.45) is 0 Å². The van der Waals surface area contributed by atoms with Crippen LogP contribution in [0.1, 0.15) is 34.4 Å². The number of hydrogen-bond donors (Lipinski definition) is 1. The van der Waals surface area contributed by atoms with Crippen molar-refractivity contribution in [1.82, 2.24) is 10.1 Å². The monoisotopic (exact) mass is 264 g/mol. The summed E-state index contributed by atoms with van der Waals surface area (Å²) in [6, 6.07) is 0. The Balaban J connectivity index is 2.08. The normalized spacial score (nSPS) is 18.0. The number of nitrogens with zero attached hydrogens (tertiary/aromatic N) is 2. The third-order valence-electron chi connectivity index (χ3n) is 3.26. The summed E-state index contributed by atoms with van der Waals surface area (Å²) in [7, 11) is 0. The Morgan fingerprint density at radius 3 is 2.89 bits per heavy atom. The summed E-state index contributed by atoms with van der Waals surface area (Å²) in [6.07, 6.45) is 1.46. The molecule has 0 saturated heterocycles. The number of rotatable bonds is 2. The summed E-state index contributed by atoms with van der Waals surface area (Å²) in [5.74, 6) is -0.512. The van der Waals surface area contributed by atoms with Crippen molar-refractivity contribution >= 4 is 17.3 Å². The fraction of sp³-hybridized carbons (Fsp3) is 0.417. The summed E-state index contributed by atoms with van der Waals surface area (Å²) in [5.41, 5.74) is 2.42. The molecule has 0 aliphatic heterocycles. The summed E-state index contributed by atoms with van der Waals surface area (Å²) in [4.78, 5) is 16.7. The maximum atomic E-state index is 11.1. The number of hydrogen-bond acceptors (Lipinski definition) is 5. The lowest BCUT2D eigenvalue weighted by molar-refractivity contribution is -0.138. The quantitative estimate of drug-likeness (QED) is 0.902. The first-order chi connectivity index (χ1) is 8.58. The van der Waals surface area contributed by atoms with Crippen molar-refractivity contribution in [3.63, 3.8) is 0 Å². The highest BCUT2D eigenvalue weighted by Gasteiger charge is 2.33. The predicted molar refractivity (Wildman–Crippen MR) is 65.8 cm³/mol. The van der Waals surface area contributed by atoms with Crippen molar-refractivity contribution in [2.75, 3.05) is 0 Å². The Bertz CT molecular complexity index is 610. The minimum atomic E-state index is -0.788. The van der Waals surface area contributed by atoms with E-state index in [1.165, 1.54) is 0 Å². The predicted octanol–water partition coefficient (Wildman–Crippen LogP) is 2.53. The molecule has 1 atom stereocenters. The Morgan fingerprint density at radius 2 is 2.28 bits per heavy atom. The Labute approximate surface area is 107 Å². The first-order valence-corrected chi connectivity index (χ1v) is 6.55. The van der Waals surface area contributed by atoms with Crippen molar-refractivity contribution in [3.05, 3.63) is 22.0 Å². The number of carboxylic acids is 1. The van der Waals surface area contributed by atoms with Gasteiger partial charge in [0.05, 0.1) is 17.0 Å². The van der Waals surface area contributed by atoms with Gasteiger partial charge in [0.25, 0.3) is 0 Å². The molecule has 6 heteroatoms. The van der Waals surface area contributed by atoms with Crippen LogP contribution in [-0.2, 0) is 11.2 Å². The molecule has 0 bridgehead atoms. The third-order valence-corrected chi connectivity index (χ3v) is 4.41. The van der Waals surface area contributed by atoms with Crippen LogP contribution in [0.2, 0.25) is 0 Å². The maximum absolute atomic E-state index is 11.1. The lowest BCUT2D eigenvalue weighted by Gasteiger charge is -2.01. The maximum Gasteiger partial charge on any atom is 0.312 e. The van der Waals surface area contributed by atoms with Gasteiger partial charge in [0, 0.05) is 4.88 Å². The molecule has 0 fully saturated rings. The minimum absolute atomic E-state index is 0.453. The van der Waals surface area contributed by atoms with E-state index in [-0.39, 0.29) is 0 Å². The van der Waals surface area contributed by atoms with Crippen LogP contribution in [0, 0.1) is 13.8 Å². The van der Waals surface area contributed by atoms with E-state index in [0.717, 1.165) is 39.0 Å². The minimum Gasteiger partial charge on any atom is -0.481 e. The zero-order chi connectivity index (χ0) is 12.9. The molecule has 1 unspecified atom stereocenters. The molecule has 18 heavy (non-hydrogen) atoms. The van der Waals surface area contributed by atoms with E-state index < -0.39 is 11.9 Å². The van der Waals surface area contributed by atoms with Crippen LogP contribution < -0.4 is 0 Å². The highest BCUT2D eigenvalue weighted by molar-refractivity contribution is 7.15. The molecule has 5 nitrogen and oxygen atoms in total. The van der Waals surface area contributed by atoms with Crippen molar-refractivity contribution in [2.45, 2.75) is 32.6 Å². The summed E-state index contributed by atoms with van der Waals surface area (Å²) in [5, 5.41) is 13.9. The van der Waals surface area contributed by atoms with Gasteiger partial charge < -0.3 is 9.63 Å². The standard InChI is InChI=1S/C12H12N2O3S/c1-5-9(6(2)17-14-5)11-13-10-7(12(15)16)3-4-8(10)18-11/h7H,3-4H2,1-2H3,(H,15,16). The van der Waals surface area contributed by atoms with Crippen LogP contribution in [0.15, 0.2) is 4.52 Å². The molecule has 0 radical (unpaired) electrons. The van der Waals surface area contributed by atoms with Gasteiger partial charge in [-0.05, 0) is 26.7 Å². The van der Waals surface area contributed by atoms with Gasteiger partial charge >= 0.3 is 5.97 Å². The van der Waals surface area contributed by atoms with Gasteiger partial charge in [-0.3, -0.25) is 4.79 Å². The van der Waals surface area contributed by atoms with Crippen molar-refractivity contribution in [3.8, 4) is 10.6 Å². The molecule has 0 aromatic carbocycles. The van der Waals surface area contributed by atoms with Crippen molar-refractivity contribution < 1.29 is 14.4 Å². The van der Waals surface area contributed by atoms with Gasteiger partial charge in [-0.2, -0.15) is 0 Å². The molecule has 2 aromatic rings. The molecular formula is C12H12N2O3S. The number of carbonyl (C=O) groups is 1. The van der Waals surface area contributed by atoms with Gasteiger partial charge in [-0.15, -0.1) is 11.3 Å². The lowest BCUT2D eigenvalue weighted by atomic mass is 10.1. The van der Waals surface area contributed by atoms with Crippen LogP contribution in [0.3, 0.4) is 0 Å². The molecule has 2 aromatic heterocycles. The van der Waals surface area contributed by atoms with Gasteiger partial charge in [0.1, 0.15) is 16.7 Å². The third kappa shape index (κ3) is 1.56. The molecular weight excluding hydrogens is 252 g/mol. The number of thiazole rings is 1. The van der Waals surface area contributed by atoms with Crippen LogP contribution in [0.4, 0.5) is 0 Å². The average molecular weight is 264 g/mol. The van der Waals surface area contributed by atoms with Crippen LogP contribution in [0.25, 0.3) is 10.6 Å². The van der Waals surface area contributed by atoms with E-state index in [9.17, 15) is 4.79 Å². The number of carboxylic acid groups (broad SMARTS) is 1. The fourth-order valence-corrected chi connectivity index (χ4v) is 3.65. The zero-order valence-electron chi connectivity index (χ0n) is 10.1. The lowest BCUT2D eigenvalue weighted by Crippen LogP contribution is -2.08. The summed E-state index contributed by atoms with van der Waals surface area (Å²) < 4.78 is 5.13. The summed E-state index contributed by atoms with van der Waals surface area (Å²) in [6.45, 7) is 3.71. The average Bonchev–Trinajstić information content (AvgIpc) is 2.92.